The van der Waals surface area contributed by atoms with Crippen molar-refractivity contribution >= 4 is 17.3 Å². The number of hydrogen-bond acceptors (Lipinski definition) is 6. The van der Waals surface area contributed by atoms with Gasteiger partial charge < -0.3 is 19.6 Å². The van der Waals surface area contributed by atoms with E-state index in [4.69, 9.17) is 0 Å². The van der Waals surface area contributed by atoms with E-state index in [-0.39, 0.29) is 5.82 Å². The van der Waals surface area contributed by atoms with Gasteiger partial charge in [0, 0.05) is 37.6 Å². The Hall–Kier alpha value is -2.97. The molecule has 0 radical (unpaired) electrons. The largest absolute Gasteiger partial charge is 0.368 e. The first kappa shape index (κ1) is 14.6. The van der Waals surface area contributed by atoms with Crippen LogP contribution in [0.5, 0.6) is 0 Å². The average molecular weight is 327 g/mol. The fourth-order valence-corrected chi connectivity index (χ4v) is 3.28. The zero-order valence-electron chi connectivity index (χ0n) is 13.2. The second-order valence-electron chi connectivity index (χ2n) is 5.95. The highest BCUT2D eigenvalue weighted by atomic mass is 16.6. The van der Waals surface area contributed by atoms with E-state index in [2.05, 4.69) is 24.5 Å². The van der Waals surface area contributed by atoms with E-state index in [0.717, 1.165) is 37.6 Å². The molecule has 4 heterocycles. The monoisotopic (exact) mass is 327 g/mol. The van der Waals surface area contributed by atoms with Gasteiger partial charge in [0.25, 0.3) is 0 Å². The third-order valence-electron chi connectivity index (χ3n) is 4.52. The van der Waals surface area contributed by atoms with Crippen molar-refractivity contribution in [2.75, 3.05) is 11.4 Å². The van der Waals surface area contributed by atoms with Crippen molar-refractivity contribution in [3.05, 3.63) is 46.7 Å². The Morgan fingerprint density at radius 2 is 2.25 bits per heavy atom. The predicted octanol–water partition coefficient (Wildman–Crippen LogP) is 1.81. The molecule has 0 N–H and O–H groups in total. The zero-order chi connectivity index (χ0) is 16.7. The van der Waals surface area contributed by atoms with Crippen molar-refractivity contribution in [3.63, 3.8) is 0 Å². The average Bonchev–Trinajstić information content (AvgIpc) is 3.27. The summed E-state index contributed by atoms with van der Waals surface area (Å²) >= 11 is 0. The molecule has 0 aliphatic carbocycles. The summed E-state index contributed by atoms with van der Waals surface area (Å²) in [5, 5.41) is 15.6. The normalized spacial score (nSPS) is 17.7. The molecule has 1 unspecified atom stereocenters. The van der Waals surface area contributed by atoms with Crippen LogP contribution in [0.3, 0.4) is 0 Å². The molecule has 1 aliphatic heterocycles. The Balaban J connectivity index is 1.66. The standard InChI is InChI=1S/C15H17N7O2/c1-11-16-6-8-19(11)10-12-3-2-7-20(12)14-5-4-13-17-9-15(22(23)24)21(13)18-14/h4-6,8-9,12H,2-3,7,10H2,1H3. The Morgan fingerprint density at radius 1 is 1.38 bits per heavy atom. The number of aromatic nitrogens is 5. The summed E-state index contributed by atoms with van der Waals surface area (Å²) in [5.41, 5.74) is 0.478. The Morgan fingerprint density at radius 3 is 3.00 bits per heavy atom. The van der Waals surface area contributed by atoms with E-state index in [9.17, 15) is 10.1 Å². The van der Waals surface area contributed by atoms with Gasteiger partial charge in [-0.1, -0.05) is 9.61 Å². The number of rotatable bonds is 4. The van der Waals surface area contributed by atoms with Crippen LogP contribution in [0, 0.1) is 17.0 Å². The van der Waals surface area contributed by atoms with E-state index in [1.165, 1.54) is 10.7 Å². The first-order valence-corrected chi connectivity index (χ1v) is 7.87. The van der Waals surface area contributed by atoms with Crippen molar-refractivity contribution in [2.24, 2.45) is 0 Å². The highest BCUT2D eigenvalue weighted by molar-refractivity contribution is 5.50. The molecule has 124 valence electrons. The van der Waals surface area contributed by atoms with Crippen molar-refractivity contribution < 1.29 is 4.92 Å². The van der Waals surface area contributed by atoms with E-state index in [1.54, 1.807) is 12.3 Å². The first-order chi connectivity index (χ1) is 11.6. The van der Waals surface area contributed by atoms with Crippen LogP contribution in [-0.4, -0.2) is 41.7 Å². The van der Waals surface area contributed by atoms with Crippen molar-refractivity contribution in [3.8, 4) is 0 Å². The van der Waals surface area contributed by atoms with E-state index >= 15 is 0 Å². The molecular formula is C15H17N7O2. The second-order valence-corrected chi connectivity index (χ2v) is 5.95. The quantitative estimate of drug-likeness (QED) is 0.536. The van der Waals surface area contributed by atoms with E-state index in [1.807, 2.05) is 19.2 Å². The maximum absolute atomic E-state index is 11.1. The smallest absolute Gasteiger partial charge is 0.358 e. The Bertz CT molecular complexity index is 900. The van der Waals surface area contributed by atoms with Crippen molar-refractivity contribution in [1.29, 1.82) is 0 Å². The van der Waals surface area contributed by atoms with Gasteiger partial charge in [-0.15, -0.1) is 0 Å². The molecule has 9 heteroatoms. The molecule has 0 spiro atoms. The Kier molecular flexibility index (Phi) is 3.40. The summed E-state index contributed by atoms with van der Waals surface area (Å²) in [7, 11) is 0. The van der Waals surface area contributed by atoms with Gasteiger partial charge in [-0.25, -0.2) is 9.97 Å². The summed E-state index contributed by atoms with van der Waals surface area (Å²) < 4.78 is 3.42. The molecule has 0 aromatic carbocycles. The lowest BCUT2D eigenvalue weighted by molar-refractivity contribution is -0.391. The van der Waals surface area contributed by atoms with Crippen molar-refractivity contribution in [1.82, 2.24) is 24.1 Å². The fraction of sp³-hybridized carbons (Fsp3) is 0.400. The molecule has 1 saturated heterocycles. The molecule has 24 heavy (non-hydrogen) atoms. The van der Waals surface area contributed by atoms with Gasteiger partial charge >= 0.3 is 5.82 Å². The molecular weight excluding hydrogens is 310 g/mol. The number of nitro groups is 1. The SMILES string of the molecule is Cc1nccn1CC1CCCN1c1ccc2ncc([N+](=O)[O-])n2n1. The van der Waals surface area contributed by atoms with Gasteiger partial charge in [-0.2, -0.15) is 0 Å². The minimum atomic E-state index is -0.465. The lowest BCUT2D eigenvalue weighted by Gasteiger charge is -2.25. The van der Waals surface area contributed by atoms with Crippen LogP contribution in [0.25, 0.3) is 5.65 Å². The highest BCUT2D eigenvalue weighted by Gasteiger charge is 2.28. The summed E-state index contributed by atoms with van der Waals surface area (Å²) in [6, 6.07) is 3.95. The lowest BCUT2D eigenvalue weighted by Crippen LogP contribution is -2.34. The van der Waals surface area contributed by atoms with Crippen LogP contribution in [-0.2, 0) is 6.54 Å². The number of fused-ring (bicyclic) bond motifs is 1. The fourth-order valence-electron chi connectivity index (χ4n) is 3.28. The second kappa shape index (κ2) is 5.59. The summed E-state index contributed by atoms with van der Waals surface area (Å²) in [4.78, 5) is 21.1. The molecule has 0 amide bonds. The van der Waals surface area contributed by atoms with Crippen molar-refractivity contribution in [2.45, 2.75) is 32.4 Å². The topological polar surface area (TPSA) is 94.4 Å². The van der Waals surface area contributed by atoms with Gasteiger partial charge in [-0.05, 0) is 30.8 Å². The van der Waals surface area contributed by atoms with Gasteiger partial charge in [0.15, 0.2) is 5.82 Å². The maximum Gasteiger partial charge on any atom is 0.368 e. The van der Waals surface area contributed by atoms with Gasteiger partial charge in [0.1, 0.15) is 12.0 Å². The van der Waals surface area contributed by atoms with Gasteiger partial charge in [0.2, 0.25) is 5.65 Å². The summed E-state index contributed by atoms with van der Waals surface area (Å²) in [6.45, 7) is 3.70. The van der Waals surface area contributed by atoms with Gasteiger partial charge in [-0.3, -0.25) is 0 Å². The lowest BCUT2D eigenvalue weighted by atomic mass is 10.2. The third kappa shape index (κ3) is 2.38. The highest BCUT2D eigenvalue weighted by Crippen LogP contribution is 2.26. The molecule has 1 aliphatic rings. The van der Waals surface area contributed by atoms with Crippen LogP contribution in [0.2, 0.25) is 0 Å². The minimum Gasteiger partial charge on any atom is -0.358 e. The zero-order valence-corrected chi connectivity index (χ0v) is 13.2. The van der Waals surface area contributed by atoms with Crippen LogP contribution in [0.15, 0.2) is 30.7 Å². The summed E-state index contributed by atoms with van der Waals surface area (Å²) in [6.07, 6.45) is 7.15. The first-order valence-electron chi connectivity index (χ1n) is 7.87. The molecule has 1 atom stereocenters. The number of imidazole rings is 2. The molecule has 4 rings (SSSR count). The summed E-state index contributed by atoms with van der Waals surface area (Å²) in [5.74, 6) is 1.60. The van der Waals surface area contributed by atoms with Crippen LogP contribution in [0.4, 0.5) is 11.6 Å². The Labute approximate surface area is 137 Å². The van der Waals surface area contributed by atoms with Crippen LogP contribution >= 0.6 is 0 Å². The number of aryl methyl sites for hydroxylation is 1. The van der Waals surface area contributed by atoms with Gasteiger partial charge in [0.05, 0.1) is 0 Å². The molecule has 3 aromatic rings. The van der Waals surface area contributed by atoms with E-state index < -0.39 is 4.92 Å². The number of hydrogen-bond donors (Lipinski definition) is 0. The van der Waals surface area contributed by atoms with E-state index in [0.29, 0.717) is 11.7 Å². The molecule has 0 saturated carbocycles. The number of nitrogens with zero attached hydrogens (tertiary/aromatic N) is 7. The number of anilines is 1. The van der Waals surface area contributed by atoms with Crippen LogP contribution in [0.1, 0.15) is 18.7 Å². The minimum absolute atomic E-state index is 0.118. The molecule has 0 bridgehead atoms. The predicted molar refractivity (Wildman–Crippen MR) is 87.0 cm³/mol. The molecule has 3 aromatic heterocycles. The maximum atomic E-state index is 11.1. The van der Waals surface area contributed by atoms with Crippen LogP contribution < -0.4 is 4.90 Å². The molecule has 9 nitrogen and oxygen atoms in total. The third-order valence-corrected chi connectivity index (χ3v) is 4.52. The molecule has 1 fully saturated rings.